The SMILES string of the molecule is O=C(O)CCCOc1cccc(OCBr)c1. The van der Waals surface area contributed by atoms with Crippen LogP contribution in [0, 0.1) is 0 Å². The minimum absolute atomic E-state index is 0.123. The van der Waals surface area contributed by atoms with E-state index < -0.39 is 5.97 Å². The van der Waals surface area contributed by atoms with Crippen LogP contribution in [0.3, 0.4) is 0 Å². The van der Waals surface area contributed by atoms with Gasteiger partial charge >= 0.3 is 5.97 Å². The quantitative estimate of drug-likeness (QED) is 0.619. The molecule has 0 aliphatic heterocycles. The molecule has 0 unspecified atom stereocenters. The average molecular weight is 289 g/mol. The molecule has 4 nitrogen and oxygen atoms in total. The Morgan fingerprint density at radius 2 is 2.00 bits per heavy atom. The number of hydrogen-bond donors (Lipinski definition) is 1. The molecule has 0 fully saturated rings. The zero-order valence-corrected chi connectivity index (χ0v) is 10.3. The lowest BCUT2D eigenvalue weighted by molar-refractivity contribution is -0.137. The first-order chi connectivity index (χ1) is 7.72. The Kier molecular flexibility index (Phi) is 5.71. The van der Waals surface area contributed by atoms with Crippen LogP contribution < -0.4 is 9.47 Å². The number of aliphatic carboxylic acids is 1. The zero-order chi connectivity index (χ0) is 11.8. The van der Waals surface area contributed by atoms with Gasteiger partial charge in [-0.3, -0.25) is 4.79 Å². The molecule has 0 saturated carbocycles. The molecule has 0 aliphatic carbocycles. The minimum Gasteiger partial charge on any atom is -0.493 e. The molecular formula is C11H13BrO4. The van der Waals surface area contributed by atoms with E-state index in [9.17, 15) is 4.79 Å². The molecule has 0 atom stereocenters. The number of alkyl halides is 1. The maximum Gasteiger partial charge on any atom is 0.303 e. The van der Waals surface area contributed by atoms with Crippen LogP contribution in [-0.4, -0.2) is 23.2 Å². The highest BCUT2D eigenvalue weighted by molar-refractivity contribution is 9.09. The summed E-state index contributed by atoms with van der Waals surface area (Å²) in [5, 5.41) is 8.44. The van der Waals surface area contributed by atoms with Crippen molar-refractivity contribution in [3.8, 4) is 11.5 Å². The first kappa shape index (κ1) is 12.8. The van der Waals surface area contributed by atoms with Crippen LogP contribution in [0.5, 0.6) is 11.5 Å². The van der Waals surface area contributed by atoms with Gasteiger partial charge in [0, 0.05) is 12.5 Å². The lowest BCUT2D eigenvalue weighted by Crippen LogP contribution is -2.02. The van der Waals surface area contributed by atoms with Gasteiger partial charge in [-0.2, -0.15) is 0 Å². The fourth-order valence-corrected chi connectivity index (χ4v) is 1.39. The zero-order valence-electron chi connectivity index (χ0n) is 8.69. The fraction of sp³-hybridized carbons (Fsp3) is 0.364. The monoisotopic (exact) mass is 288 g/mol. The molecule has 1 N–H and O–H groups in total. The van der Waals surface area contributed by atoms with E-state index in [-0.39, 0.29) is 6.42 Å². The number of carbonyl (C=O) groups is 1. The lowest BCUT2D eigenvalue weighted by atomic mass is 10.3. The third-order valence-corrected chi connectivity index (χ3v) is 2.06. The summed E-state index contributed by atoms with van der Waals surface area (Å²) >= 11 is 3.16. The summed E-state index contributed by atoms with van der Waals surface area (Å²) in [6, 6.07) is 7.22. The van der Waals surface area contributed by atoms with Crippen molar-refractivity contribution in [2.45, 2.75) is 12.8 Å². The van der Waals surface area contributed by atoms with Gasteiger partial charge in [0.15, 0.2) is 0 Å². The van der Waals surface area contributed by atoms with E-state index in [1.807, 2.05) is 18.2 Å². The Balaban J connectivity index is 2.35. The molecule has 0 bridgehead atoms. The lowest BCUT2D eigenvalue weighted by Gasteiger charge is -2.07. The van der Waals surface area contributed by atoms with Gasteiger partial charge < -0.3 is 14.6 Å². The standard InChI is InChI=1S/C11H13BrO4/c12-8-16-10-4-1-3-9(7-10)15-6-2-5-11(13)14/h1,3-4,7H,2,5-6,8H2,(H,13,14). The Hall–Kier alpha value is -1.23. The fourth-order valence-electron chi connectivity index (χ4n) is 1.13. The Morgan fingerprint density at radius 3 is 2.62 bits per heavy atom. The molecular weight excluding hydrogens is 276 g/mol. The molecule has 1 rings (SSSR count). The van der Waals surface area contributed by atoms with E-state index >= 15 is 0 Å². The summed E-state index contributed by atoms with van der Waals surface area (Å²) in [6.07, 6.45) is 0.621. The molecule has 1 aromatic rings. The highest BCUT2D eigenvalue weighted by atomic mass is 79.9. The number of carboxylic acids is 1. The summed E-state index contributed by atoms with van der Waals surface area (Å²) in [5.74, 6) is 0.594. The summed E-state index contributed by atoms with van der Waals surface area (Å²) in [4.78, 5) is 10.3. The highest BCUT2D eigenvalue weighted by Crippen LogP contribution is 2.19. The van der Waals surface area contributed by atoms with Crippen molar-refractivity contribution >= 4 is 21.9 Å². The van der Waals surface area contributed by atoms with Gasteiger partial charge in [0.1, 0.15) is 17.0 Å². The van der Waals surface area contributed by atoms with E-state index in [4.69, 9.17) is 14.6 Å². The van der Waals surface area contributed by atoms with Crippen molar-refractivity contribution in [1.82, 2.24) is 0 Å². The molecule has 16 heavy (non-hydrogen) atoms. The van der Waals surface area contributed by atoms with Gasteiger partial charge in [-0.25, -0.2) is 0 Å². The van der Waals surface area contributed by atoms with Crippen molar-refractivity contribution in [2.75, 3.05) is 12.1 Å². The minimum atomic E-state index is -0.806. The maximum atomic E-state index is 10.3. The predicted molar refractivity (Wildman–Crippen MR) is 63.2 cm³/mol. The molecule has 0 heterocycles. The largest absolute Gasteiger partial charge is 0.493 e. The van der Waals surface area contributed by atoms with E-state index in [0.29, 0.717) is 30.0 Å². The van der Waals surface area contributed by atoms with E-state index in [0.717, 1.165) is 0 Å². The van der Waals surface area contributed by atoms with E-state index in [1.54, 1.807) is 6.07 Å². The summed E-state index contributed by atoms with van der Waals surface area (Å²) in [5.41, 5.74) is 0.426. The smallest absolute Gasteiger partial charge is 0.303 e. The average Bonchev–Trinajstić information content (AvgIpc) is 2.25. The first-order valence-corrected chi connectivity index (χ1v) is 5.98. The van der Waals surface area contributed by atoms with Gasteiger partial charge in [0.05, 0.1) is 6.61 Å². The highest BCUT2D eigenvalue weighted by Gasteiger charge is 1.99. The van der Waals surface area contributed by atoms with Gasteiger partial charge in [-0.05, 0) is 34.5 Å². The Labute approximate surface area is 102 Å². The summed E-state index contributed by atoms with van der Waals surface area (Å²) < 4.78 is 10.6. The molecule has 5 heteroatoms. The third kappa shape index (κ3) is 5.02. The van der Waals surface area contributed by atoms with Crippen LogP contribution in [-0.2, 0) is 4.79 Å². The number of ether oxygens (including phenoxy) is 2. The van der Waals surface area contributed by atoms with Crippen LogP contribution in [0.4, 0.5) is 0 Å². The van der Waals surface area contributed by atoms with E-state index in [2.05, 4.69) is 15.9 Å². The predicted octanol–water partition coefficient (Wildman–Crippen LogP) is 2.66. The maximum absolute atomic E-state index is 10.3. The molecule has 0 aliphatic rings. The normalized spacial score (nSPS) is 9.81. The van der Waals surface area contributed by atoms with Gasteiger partial charge in [0.2, 0.25) is 0 Å². The molecule has 88 valence electrons. The van der Waals surface area contributed by atoms with Crippen molar-refractivity contribution in [1.29, 1.82) is 0 Å². The van der Waals surface area contributed by atoms with Gasteiger partial charge in [-0.15, -0.1) is 0 Å². The topological polar surface area (TPSA) is 55.8 Å². The first-order valence-electron chi connectivity index (χ1n) is 4.86. The van der Waals surface area contributed by atoms with Crippen LogP contribution in [0.25, 0.3) is 0 Å². The number of hydrogen-bond acceptors (Lipinski definition) is 3. The number of benzene rings is 1. The van der Waals surface area contributed by atoms with Crippen LogP contribution >= 0.6 is 15.9 Å². The van der Waals surface area contributed by atoms with Crippen molar-refractivity contribution in [3.05, 3.63) is 24.3 Å². The summed E-state index contributed by atoms with van der Waals surface area (Å²) in [6.45, 7) is 0.393. The van der Waals surface area contributed by atoms with Crippen LogP contribution in [0.2, 0.25) is 0 Å². The van der Waals surface area contributed by atoms with Crippen LogP contribution in [0.15, 0.2) is 24.3 Å². The van der Waals surface area contributed by atoms with Crippen molar-refractivity contribution < 1.29 is 19.4 Å². The van der Waals surface area contributed by atoms with E-state index in [1.165, 1.54) is 0 Å². The Morgan fingerprint density at radius 1 is 1.31 bits per heavy atom. The van der Waals surface area contributed by atoms with Gasteiger partial charge in [-0.1, -0.05) is 6.07 Å². The summed E-state index contributed by atoms with van der Waals surface area (Å²) in [7, 11) is 0. The molecule has 0 radical (unpaired) electrons. The molecule has 0 amide bonds. The second kappa shape index (κ2) is 7.11. The Bertz CT molecular complexity index is 341. The van der Waals surface area contributed by atoms with Crippen LogP contribution in [0.1, 0.15) is 12.8 Å². The second-order valence-electron chi connectivity index (χ2n) is 3.07. The molecule has 0 saturated heterocycles. The number of halogens is 1. The molecule has 1 aromatic carbocycles. The van der Waals surface area contributed by atoms with Crippen molar-refractivity contribution in [3.63, 3.8) is 0 Å². The van der Waals surface area contributed by atoms with Crippen molar-refractivity contribution in [2.24, 2.45) is 0 Å². The number of rotatable bonds is 7. The number of carboxylic acid groups (broad SMARTS) is 1. The third-order valence-electron chi connectivity index (χ3n) is 1.83. The van der Waals surface area contributed by atoms with Gasteiger partial charge in [0.25, 0.3) is 0 Å². The molecule has 0 aromatic heterocycles. The second-order valence-corrected chi connectivity index (χ2v) is 3.53. The molecule has 0 spiro atoms.